The molecule has 0 spiro atoms. The molecule has 2 N–H and O–H groups in total. The summed E-state index contributed by atoms with van der Waals surface area (Å²) >= 11 is 11.4. The molecule has 0 aromatic heterocycles. The van der Waals surface area contributed by atoms with Crippen molar-refractivity contribution in [3.05, 3.63) is 76.8 Å². The van der Waals surface area contributed by atoms with Gasteiger partial charge in [-0.1, -0.05) is 11.6 Å². The van der Waals surface area contributed by atoms with E-state index in [1.807, 2.05) is 29.2 Å². The van der Waals surface area contributed by atoms with Gasteiger partial charge in [0.05, 0.1) is 12.7 Å². The average molecular weight is 553 g/mol. The molecule has 0 bridgehead atoms. The Bertz CT molecular complexity index is 1380. The number of amides is 2. The Hall–Kier alpha value is -4.02. The van der Waals surface area contributed by atoms with Gasteiger partial charge in [0.25, 0.3) is 11.8 Å². The fourth-order valence-corrected chi connectivity index (χ4v) is 4.70. The minimum atomic E-state index is -0.347. The first-order chi connectivity index (χ1) is 18.4. The molecule has 1 fully saturated rings. The van der Waals surface area contributed by atoms with Crippen molar-refractivity contribution in [2.45, 2.75) is 0 Å². The summed E-state index contributed by atoms with van der Waals surface area (Å²) in [6, 6.07) is 17.7. The number of carbonyl (C=O) groups excluding carboxylic acids is 2. The largest absolute Gasteiger partial charge is 0.496 e. The van der Waals surface area contributed by atoms with Gasteiger partial charge in [0, 0.05) is 48.1 Å². The van der Waals surface area contributed by atoms with Crippen LogP contribution in [0.4, 0.5) is 11.4 Å². The Morgan fingerprint density at radius 2 is 1.68 bits per heavy atom. The molecular formula is C27H25ClN4O5S. The molecule has 3 aromatic rings. The van der Waals surface area contributed by atoms with E-state index in [2.05, 4.69) is 15.5 Å². The third-order valence-corrected chi connectivity index (χ3v) is 6.75. The Labute approximate surface area is 230 Å². The zero-order chi connectivity index (χ0) is 26.6. The number of benzene rings is 3. The van der Waals surface area contributed by atoms with Gasteiger partial charge >= 0.3 is 0 Å². The molecule has 0 aliphatic carbocycles. The number of rotatable bonds is 5. The number of hydrogen-bond donors (Lipinski definition) is 2. The third kappa shape index (κ3) is 5.61. The summed E-state index contributed by atoms with van der Waals surface area (Å²) in [5.41, 5.74) is 2.65. The Morgan fingerprint density at radius 1 is 0.947 bits per heavy atom. The van der Waals surface area contributed by atoms with E-state index in [0.717, 1.165) is 11.4 Å². The minimum absolute atomic E-state index is 0.0974. The summed E-state index contributed by atoms with van der Waals surface area (Å²) in [6.45, 7) is 2.66. The van der Waals surface area contributed by atoms with Crippen LogP contribution in [0.2, 0.25) is 5.02 Å². The van der Waals surface area contributed by atoms with Gasteiger partial charge in [-0.3, -0.25) is 14.9 Å². The van der Waals surface area contributed by atoms with E-state index in [-0.39, 0.29) is 23.7 Å². The smallest absolute Gasteiger partial charge is 0.257 e. The highest BCUT2D eigenvalue weighted by Crippen LogP contribution is 2.32. The summed E-state index contributed by atoms with van der Waals surface area (Å²) in [4.78, 5) is 29.6. The summed E-state index contributed by atoms with van der Waals surface area (Å²) in [5, 5.41) is 6.38. The van der Waals surface area contributed by atoms with E-state index >= 15 is 0 Å². The summed E-state index contributed by atoms with van der Waals surface area (Å²) in [5.74, 6) is 1.20. The topological polar surface area (TPSA) is 92.4 Å². The molecule has 1 saturated heterocycles. The van der Waals surface area contributed by atoms with Crippen LogP contribution in [0.3, 0.4) is 0 Å². The van der Waals surface area contributed by atoms with Gasteiger partial charge < -0.3 is 29.3 Å². The number of ether oxygens (including phenoxy) is 3. The number of thiocarbonyl (C=S) groups is 1. The maximum absolute atomic E-state index is 13.0. The third-order valence-electron chi connectivity index (χ3n) is 6.31. The molecule has 0 saturated carbocycles. The van der Waals surface area contributed by atoms with Gasteiger partial charge in [-0.25, -0.2) is 0 Å². The number of methoxy groups -OCH3 is 1. The van der Waals surface area contributed by atoms with E-state index < -0.39 is 0 Å². The monoisotopic (exact) mass is 552 g/mol. The predicted molar refractivity (Wildman–Crippen MR) is 149 cm³/mol. The van der Waals surface area contributed by atoms with Gasteiger partial charge in [-0.15, -0.1) is 0 Å². The van der Waals surface area contributed by atoms with Crippen molar-refractivity contribution < 1.29 is 23.8 Å². The van der Waals surface area contributed by atoms with Crippen molar-refractivity contribution in [1.29, 1.82) is 0 Å². The standard InChI is InChI=1S/C27H25ClN4O5S/c1-35-22-9-3-18(28)15-21(22)26(34)32-12-10-31(11-13-32)20-6-4-19(5-7-20)29-27(38)30-25(33)17-2-8-23-24(14-17)37-16-36-23/h2-9,14-15H,10-13,16H2,1H3,(H2,29,30,33,38). The van der Waals surface area contributed by atoms with Crippen molar-refractivity contribution >= 4 is 52.1 Å². The highest BCUT2D eigenvalue weighted by Gasteiger charge is 2.25. The molecule has 2 aliphatic rings. The van der Waals surface area contributed by atoms with Crippen LogP contribution in [-0.4, -0.2) is 61.9 Å². The van der Waals surface area contributed by atoms with Crippen molar-refractivity contribution in [2.24, 2.45) is 0 Å². The summed E-state index contributed by atoms with van der Waals surface area (Å²) in [6.07, 6.45) is 0. The Morgan fingerprint density at radius 3 is 2.42 bits per heavy atom. The zero-order valence-electron chi connectivity index (χ0n) is 20.5. The highest BCUT2D eigenvalue weighted by atomic mass is 35.5. The van der Waals surface area contributed by atoms with E-state index in [0.29, 0.717) is 59.6 Å². The second kappa shape index (κ2) is 11.2. The van der Waals surface area contributed by atoms with E-state index in [1.54, 1.807) is 36.4 Å². The first kappa shape index (κ1) is 25.6. The molecule has 38 heavy (non-hydrogen) atoms. The number of halogens is 1. The van der Waals surface area contributed by atoms with E-state index in [9.17, 15) is 9.59 Å². The number of carbonyl (C=O) groups is 2. The molecular weight excluding hydrogens is 528 g/mol. The molecule has 9 nitrogen and oxygen atoms in total. The van der Waals surface area contributed by atoms with Crippen LogP contribution in [0, 0.1) is 0 Å². The number of nitrogens with zero attached hydrogens (tertiary/aromatic N) is 2. The Balaban J connectivity index is 1.13. The van der Waals surface area contributed by atoms with E-state index in [4.69, 9.17) is 38.0 Å². The number of hydrogen-bond acceptors (Lipinski definition) is 7. The SMILES string of the molecule is COc1ccc(Cl)cc1C(=O)N1CCN(c2ccc(NC(=S)NC(=O)c3ccc4c(c3)OCO4)cc2)CC1. The quantitative estimate of drug-likeness (QED) is 0.456. The second-order valence-corrected chi connectivity index (χ2v) is 9.49. The maximum atomic E-state index is 13.0. The molecule has 11 heteroatoms. The molecule has 196 valence electrons. The van der Waals surface area contributed by atoms with Crippen LogP contribution in [0.15, 0.2) is 60.7 Å². The molecule has 0 unspecified atom stereocenters. The van der Waals surface area contributed by atoms with Gasteiger partial charge in [0.2, 0.25) is 6.79 Å². The lowest BCUT2D eigenvalue weighted by molar-refractivity contribution is 0.0743. The lowest BCUT2D eigenvalue weighted by Crippen LogP contribution is -2.48. The average Bonchev–Trinajstić information content (AvgIpc) is 3.41. The van der Waals surface area contributed by atoms with Crippen LogP contribution < -0.4 is 29.7 Å². The summed E-state index contributed by atoms with van der Waals surface area (Å²) in [7, 11) is 1.54. The van der Waals surface area contributed by atoms with Gasteiger partial charge in [-0.2, -0.15) is 0 Å². The molecule has 0 atom stereocenters. The number of fused-ring (bicyclic) bond motifs is 1. The molecule has 0 radical (unpaired) electrons. The van der Waals surface area contributed by atoms with Crippen LogP contribution in [-0.2, 0) is 0 Å². The molecule has 2 amide bonds. The zero-order valence-corrected chi connectivity index (χ0v) is 22.1. The Kier molecular flexibility index (Phi) is 7.52. The maximum Gasteiger partial charge on any atom is 0.257 e. The van der Waals surface area contributed by atoms with Gasteiger partial charge in [-0.05, 0) is 72.9 Å². The van der Waals surface area contributed by atoms with Gasteiger partial charge in [0.1, 0.15) is 5.75 Å². The van der Waals surface area contributed by atoms with Crippen molar-refractivity contribution in [3.8, 4) is 17.2 Å². The normalized spacial score (nSPS) is 14.2. The first-order valence-electron chi connectivity index (χ1n) is 11.9. The number of piperazine rings is 1. The van der Waals surface area contributed by atoms with Crippen LogP contribution in [0.1, 0.15) is 20.7 Å². The highest BCUT2D eigenvalue weighted by molar-refractivity contribution is 7.80. The lowest BCUT2D eigenvalue weighted by Gasteiger charge is -2.36. The van der Waals surface area contributed by atoms with Crippen molar-refractivity contribution in [3.63, 3.8) is 0 Å². The minimum Gasteiger partial charge on any atom is -0.496 e. The fraction of sp³-hybridized carbons (Fsp3) is 0.222. The fourth-order valence-electron chi connectivity index (χ4n) is 4.32. The first-order valence-corrected chi connectivity index (χ1v) is 12.7. The number of anilines is 2. The van der Waals surface area contributed by atoms with Crippen LogP contribution >= 0.6 is 23.8 Å². The molecule has 5 rings (SSSR count). The van der Waals surface area contributed by atoms with Crippen molar-refractivity contribution in [2.75, 3.05) is 50.3 Å². The van der Waals surface area contributed by atoms with Crippen LogP contribution in [0.25, 0.3) is 0 Å². The summed E-state index contributed by atoms with van der Waals surface area (Å²) < 4.78 is 15.9. The molecule has 3 aromatic carbocycles. The number of nitrogens with one attached hydrogen (secondary N) is 2. The van der Waals surface area contributed by atoms with Gasteiger partial charge in [0.15, 0.2) is 16.6 Å². The molecule has 2 aliphatic heterocycles. The lowest BCUT2D eigenvalue weighted by atomic mass is 10.1. The predicted octanol–water partition coefficient (Wildman–Crippen LogP) is 4.17. The van der Waals surface area contributed by atoms with Crippen LogP contribution in [0.5, 0.6) is 17.2 Å². The second-order valence-electron chi connectivity index (χ2n) is 8.65. The van der Waals surface area contributed by atoms with E-state index in [1.165, 1.54) is 7.11 Å². The van der Waals surface area contributed by atoms with Crippen molar-refractivity contribution in [1.82, 2.24) is 10.2 Å². The molecule has 2 heterocycles.